The Morgan fingerprint density at radius 3 is 1.80 bits per heavy atom. The summed E-state index contributed by atoms with van der Waals surface area (Å²) in [5.41, 5.74) is 9.39. The molecule has 12 rings (SSSR count). The Morgan fingerprint density at radius 2 is 1.14 bits per heavy atom. The minimum atomic E-state index is 0. The van der Waals surface area contributed by atoms with Crippen LogP contribution < -0.4 is 9.30 Å². The van der Waals surface area contributed by atoms with Gasteiger partial charge < -0.3 is 27.6 Å². The van der Waals surface area contributed by atoms with Crippen LogP contribution in [0.1, 0.15) is 0 Å². The van der Waals surface area contributed by atoms with Gasteiger partial charge in [-0.15, -0.1) is 24.3 Å². The van der Waals surface area contributed by atoms with Crippen LogP contribution in [-0.4, -0.2) is 23.3 Å². The fourth-order valence-electron chi connectivity index (χ4n) is 8.86. The fourth-order valence-corrected chi connectivity index (χ4v) is 8.86. The first kappa shape index (κ1) is 35.0. The summed E-state index contributed by atoms with van der Waals surface area (Å²) in [5, 5.41) is 6.91. The van der Waals surface area contributed by atoms with Gasteiger partial charge in [-0.25, -0.2) is 4.98 Å². The van der Waals surface area contributed by atoms with E-state index in [4.69, 9.17) is 9.72 Å². The van der Waals surface area contributed by atoms with E-state index >= 15 is 0 Å². The molecule has 0 aliphatic heterocycles. The molecule has 12 aromatic rings. The molecule has 284 valence electrons. The molecule has 0 bridgehead atoms. The van der Waals surface area contributed by atoms with E-state index in [9.17, 15) is 0 Å². The van der Waals surface area contributed by atoms with Crippen LogP contribution in [0, 0.1) is 18.5 Å². The van der Waals surface area contributed by atoms with Crippen molar-refractivity contribution in [1.29, 1.82) is 0 Å². The van der Waals surface area contributed by atoms with E-state index in [0.717, 1.165) is 66.8 Å². The van der Waals surface area contributed by atoms with Gasteiger partial charge in [0.1, 0.15) is 5.82 Å². The van der Waals surface area contributed by atoms with Crippen molar-refractivity contribution in [2.45, 2.75) is 0 Å². The van der Waals surface area contributed by atoms with Crippen molar-refractivity contribution in [3.8, 4) is 34.4 Å². The number of aromatic nitrogens is 6. The van der Waals surface area contributed by atoms with Crippen molar-refractivity contribution in [2.75, 3.05) is 0 Å². The van der Waals surface area contributed by atoms with E-state index < -0.39 is 0 Å². The van der Waals surface area contributed by atoms with Gasteiger partial charge in [0, 0.05) is 84.1 Å². The maximum Gasteiger partial charge on any atom is 0.241 e. The monoisotopic (exact) mass is 939 g/mol. The van der Waals surface area contributed by atoms with Crippen molar-refractivity contribution in [1.82, 2.24) is 23.3 Å². The van der Waals surface area contributed by atoms with E-state index in [2.05, 4.69) is 153 Å². The standard InChI is InChI=1S/C51H32N6O.Pt/c1-53-29-30-54(33-53)36-19-14-20-37(31-36)58-38-26-27-41-44(32-38)57(45-25-12-13-28-52-45)51-48(41)49-46(39-21-8-10-23-42(39)55(49)34-15-4-2-5-16-34)47-40-22-9-11-24-43(40)56(50(47)51)35-17-6-3-7-18-35;/h2-30H,1H3;/q-2;. The SMILES string of the molecule is Cn1[c-][n+](-c2[c-]c(Oc3[c-]c4c(cc3)c3c(c5c(c6ccccc6n5-c5ccccc5)c5c6ccccc6n(-c6ccccc6)c53)n4-c3ccccn3)ccc2)cc1.[Pt]. The zero-order chi connectivity index (χ0) is 38.3. The fraction of sp³-hybridized carbons (Fsp3) is 0.0196. The molecule has 0 aliphatic rings. The number of hydrogen-bond donors (Lipinski definition) is 0. The minimum Gasteiger partial charge on any atom is -0.510 e. The van der Waals surface area contributed by atoms with Gasteiger partial charge in [0.15, 0.2) is 0 Å². The second kappa shape index (κ2) is 13.7. The number of nitrogens with zero attached hydrogens (tertiary/aromatic N) is 6. The van der Waals surface area contributed by atoms with Gasteiger partial charge in [-0.1, -0.05) is 95.5 Å². The largest absolute Gasteiger partial charge is 0.510 e. The van der Waals surface area contributed by atoms with Crippen LogP contribution in [0.4, 0.5) is 0 Å². The second-order valence-electron chi connectivity index (χ2n) is 14.5. The van der Waals surface area contributed by atoms with Crippen molar-refractivity contribution in [3.05, 3.63) is 195 Å². The smallest absolute Gasteiger partial charge is 0.241 e. The van der Waals surface area contributed by atoms with Gasteiger partial charge in [-0.05, 0) is 53.9 Å². The van der Waals surface area contributed by atoms with Gasteiger partial charge >= 0.3 is 0 Å². The Hall–Kier alpha value is -7.21. The number of pyridine rings is 1. The Balaban J connectivity index is 0.00000397. The Labute approximate surface area is 353 Å². The van der Waals surface area contributed by atoms with E-state index in [1.807, 2.05) is 71.2 Å². The van der Waals surface area contributed by atoms with Gasteiger partial charge in [0.05, 0.1) is 34.6 Å². The first-order chi connectivity index (χ1) is 28.7. The molecule has 0 spiro atoms. The predicted molar refractivity (Wildman–Crippen MR) is 231 cm³/mol. The molecule has 5 heterocycles. The molecule has 0 saturated carbocycles. The molecular formula is C51H32N6OPt-2. The third-order valence-corrected chi connectivity index (χ3v) is 11.2. The summed E-state index contributed by atoms with van der Waals surface area (Å²) >= 11 is 0. The first-order valence-electron chi connectivity index (χ1n) is 19.3. The topological polar surface area (TPSA) is 45.7 Å². The van der Waals surface area contributed by atoms with E-state index in [1.165, 1.54) is 21.5 Å². The maximum absolute atomic E-state index is 6.61. The Kier molecular flexibility index (Phi) is 8.14. The van der Waals surface area contributed by atoms with Gasteiger partial charge in [-0.2, -0.15) is 18.2 Å². The van der Waals surface area contributed by atoms with Crippen molar-refractivity contribution < 1.29 is 30.4 Å². The maximum atomic E-state index is 6.61. The molecule has 0 amide bonds. The third kappa shape index (κ3) is 5.32. The third-order valence-electron chi connectivity index (χ3n) is 11.2. The van der Waals surface area contributed by atoms with Crippen LogP contribution in [0.3, 0.4) is 0 Å². The Bertz CT molecular complexity index is 3550. The molecule has 0 unspecified atom stereocenters. The molecule has 0 aliphatic carbocycles. The summed E-state index contributed by atoms with van der Waals surface area (Å²) < 4.78 is 17.5. The number of aryl methyl sites for hydroxylation is 1. The van der Waals surface area contributed by atoms with Crippen molar-refractivity contribution in [3.63, 3.8) is 0 Å². The summed E-state index contributed by atoms with van der Waals surface area (Å²) in [6.45, 7) is 0. The number of hydrogen-bond acceptors (Lipinski definition) is 2. The number of rotatable bonds is 6. The average Bonchev–Trinajstić information content (AvgIpc) is 4.04. The molecule has 5 aromatic heterocycles. The van der Waals surface area contributed by atoms with E-state index in [-0.39, 0.29) is 21.1 Å². The number of benzene rings is 7. The number of para-hydroxylation sites is 4. The molecule has 0 atom stereocenters. The average molecular weight is 940 g/mol. The summed E-state index contributed by atoms with van der Waals surface area (Å²) in [7, 11) is 1.95. The quantitative estimate of drug-likeness (QED) is 0.123. The van der Waals surface area contributed by atoms with Crippen molar-refractivity contribution in [2.24, 2.45) is 7.05 Å². The molecule has 7 aromatic carbocycles. The Morgan fingerprint density at radius 1 is 0.525 bits per heavy atom. The van der Waals surface area contributed by atoms with Gasteiger partial charge in [0.2, 0.25) is 6.33 Å². The summed E-state index contributed by atoms with van der Waals surface area (Å²) in [6, 6.07) is 62.3. The van der Waals surface area contributed by atoms with Crippen LogP contribution in [0.2, 0.25) is 0 Å². The molecule has 7 nitrogen and oxygen atoms in total. The predicted octanol–water partition coefficient (Wildman–Crippen LogP) is 11.2. The van der Waals surface area contributed by atoms with Crippen LogP contribution in [0.5, 0.6) is 11.5 Å². The number of ether oxygens (including phenoxy) is 1. The molecule has 8 heteroatoms. The number of fused-ring (bicyclic) bond motifs is 12. The van der Waals surface area contributed by atoms with Crippen LogP contribution in [0.25, 0.3) is 88.3 Å². The molecular weight excluding hydrogens is 908 g/mol. The summed E-state index contributed by atoms with van der Waals surface area (Å²) in [6.07, 6.45) is 9.00. The number of imidazole rings is 1. The molecule has 0 fully saturated rings. The summed E-state index contributed by atoms with van der Waals surface area (Å²) in [4.78, 5) is 5.02. The normalized spacial score (nSPS) is 11.7. The molecule has 0 radical (unpaired) electrons. The first-order valence-corrected chi connectivity index (χ1v) is 19.3. The van der Waals surface area contributed by atoms with Gasteiger partial charge in [0.25, 0.3) is 0 Å². The second-order valence-corrected chi connectivity index (χ2v) is 14.5. The molecule has 0 saturated heterocycles. The molecule has 0 N–H and O–H groups in total. The van der Waals surface area contributed by atoms with Crippen LogP contribution >= 0.6 is 0 Å². The van der Waals surface area contributed by atoms with E-state index in [0.29, 0.717) is 11.5 Å². The molecule has 59 heavy (non-hydrogen) atoms. The van der Waals surface area contributed by atoms with E-state index in [1.54, 1.807) is 0 Å². The van der Waals surface area contributed by atoms with Gasteiger partial charge in [-0.3, -0.25) is 0 Å². The zero-order valence-electron chi connectivity index (χ0n) is 31.7. The van der Waals surface area contributed by atoms with Crippen LogP contribution in [-0.2, 0) is 28.1 Å². The van der Waals surface area contributed by atoms with Crippen molar-refractivity contribution >= 4 is 65.4 Å². The minimum absolute atomic E-state index is 0. The van der Waals surface area contributed by atoms with Crippen LogP contribution in [0.15, 0.2) is 176 Å². The zero-order valence-corrected chi connectivity index (χ0v) is 33.9. The summed E-state index contributed by atoms with van der Waals surface area (Å²) in [5.74, 6) is 1.94.